The fraction of sp³-hybridized carbons (Fsp3) is 0.706. The summed E-state index contributed by atoms with van der Waals surface area (Å²) in [5.74, 6) is 0.166. The lowest BCUT2D eigenvalue weighted by Crippen LogP contribution is -2.47. The van der Waals surface area contributed by atoms with Crippen molar-refractivity contribution in [1.29, 1.82) is 0 Å². The third kappa shape index (κ3) is 2.88. The number of nitrogens with one attached hydrogen (secondary N) is 2. The van der Waals surface area contributed by atoms with Gasteiger partial charge in [0.1, 0.15) is 0 Å². The summed E-state index contributed by atoms with van der Waals surface area (Å²) in [6.07, 6.45) is 11.0. The largest absolute Gasteiger partial charge is 0.348 e. The van der Waals surface area contributed by atoms with E-state index in [1.54, 1.807) is 11.3 Å². The topological polar surface area (TPSA) is 41.1 Å². The Bertz CT molecular complexity index is 503. The summed E-state index contributed by atoms with van der Waals surface area (Å²) >= 11 is 1.73. The van der Waals surface area contributed by atoms with Crippen LogP contribution in [0.2, 0.25) is 0 Å². The summed E-state index contributed by atoms with van der Waals surface area (Å²) in [6.45, 7) is 0. The first-order valence-electron chi connectivity index (χ1n) is 8.46. The van der Waals surface area contributed by atoms with Crippen molar-refractivity contribution in [3.63, 3.8) is 0 Å². The molecule has 2 fully saturated rings. The van der Waals surface area contributed by atoms with Gasteiger partial charge in [-0.15, -0.1) is 11.3 Å². The molecule has 1 aromatic heterocycles. The Balaban J connectivity index is 1.43. The molecule has 2 aliphatic heterocycles. The number of piperidine rings is 1. The molecule has 114 valence electrons. The number of thiophene rings is 1. The average molecular weight is 304 g/mol. The maximum Gasteiger partial charge on any atom is 0.261 e. The molecule has 0 aromatic carbocycles. The van der Waals surface area contributed by atoms with E-state index in [1.807, 2.05) is 0 Å². The van der Waals surface area contributed by atoms with Gasteiger partial charge in [-0.1, -0.05) is 6.42 Å². The molecule has 2 N–H and O–H groups in total. The Labute approximate surface area is 130 Å². The molecule has 2 unspecified atom stereocenters. The van der Waals surface area contributed by atoms with E-state index in [0.29, 0.717) is 18.1 Å². The van der Waals surface area contributed by atoms with Crippen molar-refractivity contribution in [2.24, 2.45) is 0 Å². The number of amides is 1. The van der Waals surface area contributed by atoms with Crippen LogP contribution in [0, 0.1) is 0 Å². The fourth-order valence-electron chi connectivity index (χ4n) is 4.21. The van der Waals surface area contributed by atoms with Crippen LogP contribution >= 0.6 is 11.3 Å². The summed E-state index contributed by atoms with van der Waals surface area (Å²) in [6, 6.07) is 3.80. The van der Waals surface area contributed by atoms with E-state index in [1.165, 1.54) is 49.0 Å². The molecule has 2 bridgehead atoms. The zero-order chi connectivity index (χ0) is 14.2. The Hall–Kier alpha value is -0.870. The van der Waals surface area contributed by atoms with Gasteiger partial charge in [-0.2, -0.15) is 0 Å². The molecule has 21 heavy (non-hydrogen) atoms. The van der Waals surface area contributed by atoms with Crippen molar-refractivity contribution < 1.29 is 4.79 Å². The molecule has 0 spiro atoms. The highest BCUT2D eigenvalue weighted by Crippen LogP contribution is 2.30. The quantitative estimate of drug-likeness (QED) is 0.825. The predicted octanol–water partition coefficient (Wildman–Crippen LogP) is 3.03. The number of rotatable bonds is 2. The first-order chi connectivity index (χ1) is 10.3. The molecule has 0 saturated carbocycles. The van der Waals surface area contributed by atoms with Crippen molar-refractivity contribution in [3.05, 3.63) is 21.4 Å². The van der Waals surface area contributed by atoms with E-state index in [2.05, 4.69) is 16.7 Å². The summed E-state index contributed by atoms with van der Waals surface area (Å²) in [4.78, 5) is 14.9. The van der Waals surface area contributed by atoms with E-state index < -0.39 is 0 Å². The number of aryl methyl sites for hydroxylation is 2. The van der Waals surface area contributed by atoms with E-state index in [0.717, 1.165) is 24.1 Å². The molecule has 3 nitrogen and oxygen atoms in total. The van der Waals surface area contributed by atoms with Gasteiger partial charge in [-0.05, 0) is 63.0 Å². The van der Waals surface area contributed by atoms with Gasteiger partial charge in [0, 0.05) is 23.0 Å². The van der Waals surface area contributed by atoms with Crippen molar-refractivity contribution >= 4 is 17.2 Å². The van der Waals surface area contributed by atoms with E-state index >= 15 is 0 Å². The Morgan fingerprint density at radius 2 is 1.90 bits per heavy atom. The highest BCUT2D eigenvalue weighted by Gasteiger charge is 2.34. The minimum Gasteiger partial charge on any atom is -0.348 e. The van der Waals surface area contributed by atoms with Crippen molar-refractivity contribution in [3.8, 4) is 0 Å². The van der Waals surface area contributed by atoms with Gasteiger partial charge in [-0.3, -0.25) is 4.79 Å². The number of hydrogen-bond donors (Lipinski definition) is 2. The first kappa shape index (κ1) is 13.8. The lowest BCUT2D eigenvalue weighted by Gasteiger charge is -2.29. The van der Waals surface area contributed by atoms with Gasteiger partial charge in [0.05, 0.1) is 4.88 Å². The van der Waals surface area contributed by atoms with Gasteiger partial charge in [0.25, 0.3) is 5.91 Å². The van der Waals surface area contributed by atoms with Crippen molar-refractivity contribution in [2.45, 2.75) is 75.9 Å². The van der Waals surface area contributed by atoms with Crippen LogP contribution in [0.3, 0.4) is 0 Å². The third-order valence-corrected chi connectivity index (χ3v) is 6.51. The standard InChI is InChI=1S/C17H24N2OS/c20-17(19-14-9-12-6-7-13(10-14)18-12)16-8-11-4-2-1-3-5-15(11)21-16/h8,12-14,18H,1-7,9-10H2,(H,19,20). The second-order valence-corrected chi connectivity index (χ2v) is 8.04. The predicted molar refractivity (Wildman–Crippen MR) is 86.0 cm³/mol. The van der Waals surface area contributed by atoms with Crippen molar-refractivity contribution in [1.82, 2.24) is 10.6 Å². The highest BCUT2D eigenvalue weighted by molar-refractivity contribution is 7.14. The molecule has 3 heterocycles. The van der Waals surface area contributed by atoms with Crippen LogP contribution in [0.5, 0.6) is 0 Å². The first-order valence-corrected chi connectivity index (χ1v) is 9.28. The van der Waals surface area contributed by atoms with Gasteiger partial charge < -0.3 is 10.6 Å². The Morgan fingerprint density at radius 1 is 1.14 bits per heavy atom. The second-order valence-electron chi connectivity index (χ2n) is 6.90. The minimum atomic E-state index is 0.166. The summed E-state index contributed by atoms with van der Waals surface area (Å²) in [5, 5.41) is 6.92. The van der Waals surface area contributed by atoms with Gasteiger partial charge in [-0.25, -0.2) is 0 Å². The number of fused-ring (bicyclic) bond motifs is 3. The second kappa shape index (κ2) is 5.73. The maximum absolute atomic E-state index is 12.5. The Morgan fingerprint density at radius 3 is 2.71 bits per heavy atom. The van der Waals surface area contributed by atoms with E-state index in [-0.39, 0.29) is 5.91 Å². The van der Waals surface area contributed by atoms with Crippen LogP contribution in [0.1, 0.15) is 65.1 Å². The lowest BCUT2D eigenvalue weighted by molar-refractivity contribution is 0.0928. The smallest absolute Gasteiger partial charge is 0.261 e. The van der Waals surface area contributed by atoms with E-state index in [9.17, 15) is 4.79 Å². The number of hydrogen-bond acceptors (Lipinski definition) is 3. The third-order valence-electron chi connectivity index (χ3n) is 5.28. The average Bonchev–Trinajstić information content (AvgIpc) is 2.96. The van der Waals surface area contributed by atoms with Crippen molar-refractivity contribution in [2.75, 3.05) is 0 Å². The van der Waals surface area contributed by atoms with Crippen LogP contribution in [0.15, 0.2) is 6.07 Å². The molecule has 4 rings (SSSR count). The minimum absolute atomic E-state index is 0.166. The molecule has 1 amide bonds. The molecule has 4 heteroatoms. The summed E-state index contributed by atoms with van der Waals surface area (Å²) < 4.78 is 0. The molecule has 3 aliphatic rings. The monoisotopic (exact) mass is 304 g/mol. The molecule has 1 aliphatic carbocycles. The van der Waals surface area contributed by atoms with Gasteiger partial charge >= 0.3 is 0 Å². The van der Waals surface area contributed by atoms with Crippen LogP contribution in [0.4, 0.5) is 0 Å². The molecule has 2 saturated heterocycles. The summed E-state index contributed by atoms with van der Waals surface area (Å²) in [5.41, 5.74) is 1.44. The molecular weight excluding hydrogens is 280 g/mol. The molecule has 1 aromatic rings. The van der Waals surface area contributed by atoms with Crippen LogP contribution < -0.4 is 10.6 Å². The SMILES string of the molecule is O=C(NC1CC2CCC(C1)N2)c1cc2c(s1)CCCCC2. The molecular formula is C17H24N2OS. The van der Waals surface area contributed by atoms with E-state index in [4.69, 9.17) is 0 Å². The highest BCUT2D eigenvalue weighted by atomic mass is 32.1. The zero-order valence-corrected chi connectivity index (χ0v) is 13.3. The number of carbonyl (C=O) groups is 1. The Kier molecular flexibility index (Phi) is 3.76. The normalized spacial score (nSPS) is 31.5. The van der Waals surface area contributed by atoms with Gasteiger partial charge in [0.15, 0.2) is 0 Å². The maximum atomic E-state index is 12.5. The lowest BCUT2D eigenvalue weighted by atomic mass is 10.00. The molecule has 0 radical (unpaired) electrons. The van der Waals surface area contributed by atoms with Gasteiger partial charge in [0.2, 0.25) is 0 Å². The zero-order valence-electron chi connectivity index (χ0n) is 12.5. The summed E-state index contributed by atoms with van der Waals surface area (Å²) in [7, 11) is 0. The van der Waals surface area contributed by atoms with Crippen LogP contribution in [-0.2, 0) is 12.8 Å². The van der Waals surface area contributed by atoms with Crippen LogP contribution in [0.25, 0.3) is 0 Å². The number of carbonyl (C=O) groups excluding carboxylic acids is 1. The van der Waals surface area contributed by atoms with Crippen LogP contribution in [-0.4, -0.2) is 24.0 Å². The molecule has 2 atom stereocenters. The fourth-order valence-corrected chi connectivity index (χ4v) is 5.37.